The molecule has 0 spiro atoms. The summed E-state index contributed by atoms with van der Waals surface area (Å²) in [6.07, 6.45) is 16.6. The van der Waals surface area contributed by atoms with Gasteiger partial charge in [0.25, 0.3) is 0 Å². The quantitative estimate of drug-likeness (QED) is 0.228. The van der Waals surface area contributed by atoms with Crippen LogP contribution >= 0.6 is 0 Å². The molecule has 3 heteroatoms. The highest BCUT2D eigenvalue weighted by atomic mass is 16.5. The molecular formula is C22H48NO2+. The van der Waals surface area contributed by atoms with Crippen molar-refractivity contribution >= 4 is 0 Å². The molecule has 0 amide bonds. The first-order valence-electron chi connectivity index (χ1n) is 11.3. The number of aliphatic hydroxyl groups is 1. The molecule has 25 heavy (non-hydrogen) atoms. The van der Waals surface area contributed by atoms with Crippen molar-refractivity contribution in [3.05, 3.63) is 0 Å². The first-order chi connectivity index (χ1) is 12.2. The van der Waals surface area contributed by atoms with Gasteiger partial charge in [-0.05, 0) is 25.7 Å². The maximum Gasteiger partial charge on any atom is 0.102 e. The van der Waals surface area contributed by atoms with Crippen LogP contribution in [0.2, 0.25) is 0 Å². The Bertz CT molecular complexity index is 252. The first kappa shape index (κ1) is 24.9. The van der Waals surface area contributed by atoms with Gasteiger partial charge in [0.2, 0.25) is 0 Å². The minimum atomic E-state index is 0.139. The van der Waals surface area contributed by atoms with Crippen LogP contribution in [-0.2, 0) is 4.74 Å². The maximum atomic E-state index is 8.88. The predicted octanol–water partition coefficient (Wildman–Crippen LogP) is 5.55. The van der Waals surface area contributed by atoms with E-state index < -0.39 is 0 Å². The molecule has 3 nitrogen and oxygen atoms in total. The predicted molar refractivity (Wildman–Crippen MR) is 110 cm³/mol. The Morgan fingerprint density at radius 3 is 1.56 bits per heavy atom. The summed E-state index contributed by atoms with van der Waals surface area (Å²) < 4.78 is 6.78. The number of quaternary nitrogens is 1. The Kier molecular flexibility index (Phi) is 18.6. The average molecular weight is 359 g/mol. The lowest BCUT2D eigenvalue weighted by molar-refractivity contribution is -0.928. The van der Waals surface area contributed by atoms with Gasteiger partial charge in [-0.25, -0.2) is 0 Å². The third kappa shape index (κ3) is 14.7. The molecule has 0 bridgehead atoms. The number of aliphatic hydroxyl groups excluding tert-OH is 1. The van der Waals surface area contributed by atoms with Crippen molar-refractivity contribution in [2.45, 2.75) is 97.8 Å². The van der Waals surface area contributed by atoms with E-state index in [0.717, 1.165) is 13.2 Å². The van der Waals surface area contributed by atoms with Gasteiger partial charge in [0, 0.05) is 0 Å². The zero-order valence-corrected chi connectivity index (χ0v) is 17.7. The Hall–Kier alpha value is -0.120. The largest absolute Gasteiger partial charge is 0.394 e. The normalized spacial score (nSPS) is 12.0. The molecule has 0 aliphatic rings. The summed E-state index contributed by atoms with van der Waals surface area (Å²) >= 11 is 0. The van der Waals surface area contributed by atoms with Crippen LogP contribution in [0.1, 0.15) is 97.8 Å². The Morgan fingerprint density at radius 1 is 0.560 bits per heavy atom. The van der Waals surface area contributed by atoms with Crippen LogP contribution in [0.4, 0.5) is 0 Å². The summed E-state index contributed by atoms with van der Waals surface area (Å²) in [7, 11) is 0. The van der Waals surface area contributed by atoms with Gasteiger partial charge >= 0.3 is 0 Å². The SMILES string of the molecule is CCCCCCCCCCCC[N+](CCC)(CCC)CCOCCO. The van der Waals surface area contributed by atoms with Crippen molar-refractivity contribution in [3.63, 3.8) is 0 Å². The highest BCUT2D eigenvalue weighted by molar-refractivity contribution is 4.50. The summed E-state index contributed by atoms with van der Waals surface area (Å²) in [4.78, 5) is 0. The second kappa shape index (κ2) is 18.7. The summed E-state index contributed by atoms with van der Waals surface area (Å²) in [5.41, 5.74) is 0. The number of hydrogen-bond acceptors (Lipinski definition) is 2. The van der Waals surface area contributed by atoms with Crippen LogP contribution in [0.25, 0.3) is 0 Å². The number of unbranched alkanes of at least 4 members (excludes halogenated alkanes) is 9. The number of nitrogens with zero attached hydrogens (tertiary/aromatic N) is 1. The third-order valence-electron chi connectivity index (χ3n) is 5.33. The number of ether oxygens (including phenoxy) is 1. The lowest BCUT2D eigenvalue weighted by Crippen LogP contribution is -2.51. The maximum absolute atomic E-state index is 8.88. The molecule has 0 saturated carbocycles. The molecule has 152 valence electrons. The van der Waals surface area contributed by atoms with Gasteiger partial charge in [0.05, 0.1) is 39.5 Å². The highest BCUT2D eigenvalue weighted by Crippen LogP contribution is 2.15. The van der Waals surface area contributed by atoms with Crippen LogP contribution in [0.3, 0.4) is 0 Å². The highest BCUT2D eigenvalue weighted by Gasteiger charge is 2.24. The molecule has 0 aromatic heterocycles. The van der Waals surface area contributed by atoms with E-state index in [1.165, 1.54) is 101 Å². The van der Waals surface area contributed by atoms with Gasteiger partial charge in [0.1, 0.15) is 6.54 Å². The lowest BCUT2D eigenvalue weighted by atomic mass is 10.1. The molecular weight excluding hydrogens is 310 g/mol. The van der Waals surface area contributed by atoms with E-state index in [4.69, 9.17) is 9.84 Å². The monoisotopic (exact) mass is 358 g/mol. The van der Waals surface area contributed by atoms with Crippen molar-refractivity contribution in [2.24, 2.45) is 0 Å². The Balaban J connectivity index is 3.91. The van der Waals surface area contributed by atoms with Gasteiger partial charge < -0.3 is 14.3 Å². The summed E-state index contributed by atoms with van der Waals surface area (Å²) in [6, 6.07) is 0. The second-order valence-corrected chi connectivity index (χ2v) is 7.75. The minimum absolute atomic E-state index is 0.139. The van der Waals surface area contributed by atoms with Crippen molar-refractivity contribution in [2.75, 3.05) is 46.0 Å². The Morgan fingerprint density at radius 2 is 1.08 bits per heavy atom. The smallest absolute Gasteiger partial charge is 0.102 e. The molecule has 0 aliphatic heterocycles. The molecule has 0 fully saturated rings. The zero-order chi connectivity index (χ0) is 18.6. The second-order valence-electron chi connectivity index (χ2n) is 7.75. The van der Waals surface area contributed by atoms with Crippen molar-refractivity contribution in [1.29, 1.82) is 0 Å². The van der Waals surface area contributed by atoms with Crippen LogP contribution < -0.4 is 0 Å². The van der Waals surface area contributed by atoms with Crippen molar-refractivity contribution in [3.8, 4) is 0 Å². The minimum Gasteiger partial charge on any atom is -0.394 e. The van der Waals surface area contributed by atoms with E-state index >= 15 is 0 Å². The van der Waals surface area contributed by atoms with Gasteiger partial charge in [-0.1, -0.05) is 72.1 Å². The average Bonchev–Trinajstić information content (AvgIpc) is 2.61. The van der Waals surface area contributed by atoms with E-state index in [0.29, 0.717) is 6.61 Å². The van der Waals surface area contributed by atoms with Gasteiger partial charge in [-0.3, -0.25) is 0 Å². The molecule has 0 saturated heterocycles. The summed E-state index contributed by atoms with van der Waals surface area (Å²) in [6.45, 7) is 13.3. The molecule has 0 aliphatic carbocycles. The van der Waals surface area contributed by atoms with Crippen LogP contribution in [0.15, 0.2) is 0 Å². The molecule has 0 atom stereocenters. The fourth-order valence-electron chi connectivity index (χ4n) is 3.98. The van der Waals surface area contributed by atoms with Crippen LogP contribution in [-0.4, -0.2) is 55.6 Å². The Labute approximate surface area is 158 Å². The van der Waals surface area contributed by atoms with Gasteiger partial charge in [-0.2, -0.15) is 0 Å². The molecule has 1 N–H and O–H groups in total. The number of rotatable bonds is 20. The van der Waals surface area contributed by atoms with Gasteiger partial charge in [0.15, 0.2) is 0 Å². The van der Waals surface area contributed by atoms with Crippen molar-refractivity contribution < 1.29 is 14.3 Å². The topological polar surface area (TPSA) is 29.5 Å². The fraction of sp³-hybridized carbons (Fsp3) is 1.00. The van der Waals surface area contributed by atoms with E-state index in [9.17, 15) is 0 Å². The molecule has 0 aromatic carbocycles. The number of hydrogen-bond donors (Lipinski definition) is 1. The van der Waals surface area contributed by atoms with Gasteiger partial charge in [-0.15, -0.1) is 0 Å². The van der Waals surface area contributed by atoms with E-state index in [1.54, 1.807) is 0 Å². The third-order valence-corrected chi connectivity index (χ3v) is 5.33. The van der Waals surface area contributed by atoms with Crippen LogP contribution in [0, 0.1) is 0 Å². The molecule has 0 heterocycles. The molecule has 0 rings (SSSR count). The van der Waals surface area contributed by atoms with E-state index in [-0.39, 0.29) is 6.61 Å². The fourth-order valence-corrected chi connectivity index (χ4v) is 3.98. The standard InChI is InChI=1S/C22H48NO2/c1-4-7-8-9-10-11-12-13-14-15-18-23(16-5-2,17-6-3)19-21-25-22-20-24/h24H,4-22H2,1-3H3/q+1. The summed E-state index contributed by atoms with van der Waals surface area (Å²) in [5, 5.41) is 8.88. The van der Waals surface area contributed by atoms with E-state index in [1.807, 2.05) is 0 Å². The van der Waals surface area contributed by atoms with Crippen LogP contribution in [0.5, 0.6) is 0 Å². The molecule has 0 unspecified atom stereocenters. The molecule has 0 aromatic rings. The zero-order valence-electron chi connectivity index (χ0n) is 17.7. The van der Waals surface area contributed by atoms with Crippen molar-refractivity contribution in [1.82, 2.24) is 0 Å². The lowest BCUT2D eigenvalue weighted by Gasteiger charge is -2.38. The first-order valence-corrected chi connectivity index (χ1v) is 11.3. The molecule has 0 radical (unpaired) electrons. The van der Waals surface area contributed by atoms with E-state index in [2.05, 4.69) is 20.8 Å². The summed E-state index contributed by atoms with van der Waals surface area (Å²) in [5.74, 6) is 0.